The zero-order valence-electron chi connectivity index (χ0n) is 17.5. The SMILES string of the molecule is CCNC(=NCc1cc(OC)ccc1OC(F)F)NCc1cccnc1N(C)C.I. The molecule has 0 saturated carbocycles. The van der Waals surface area contributed by atoms with Crippen molar-refractivity contribution in [2.24, 2.45) is 4.99 Å². The Bertz CT molecular complexity index is 822. The van der Waals surface area contributed by atoms with Crippen molar-refractivity contribution in [2.75, 3.05) is 32.6 Å². The van der Waals surface area contributed by atoms with Gasteiger partial charge in [-0.25, -0.2) is 9.98 Å². The van der Waals surface area contributed by atoms with Gasteiger partial charge in [0.15, 0.2) is 5.96 Å². The van der Waals surface area contributed by atoms with E-state index in [9.17, 15) is 8.78 Å². The van der Waals surface area contributed by atoms with Crippen LogP contribution in [0.25, 0.3) is 0 Å². The Morgan fingerprint density at radius 1 is 1.20 bits per heavy atom. The number of nitrogens with one attached hydrogen (secondary N) is 2. The second-order valence-electron chi connectivity index (χ2n) is 6.28. The maximum Gasteiger partial charge on any atom is 0.387 e. The van der Waals surface area contributed by atoms with Gasteiger partial charge < -0.3 is 25.0 Å². The number of ether oxygens (including phenoxy) is 2. The second kappa shape index (κ2) is 13.0. The summed E-state index contributed by atoms with van der Waals surface area (Å²) in [5.74, 6) is 2.02. The highest BCUT2D eigenvalue weighted by Gasteiger charge is 2.12. The number of hydrogen-bond donors (Lipinski definition) is 2. The molecule has 0 saturated heterocycles. The Morgan fingerprint density at radius 2 is 1.97 bits per heavy atom. The molecule has 10 heteroatoms. The number of nitrogens with zero attached hydrogens (tertiary/aromatic N) is 3. The molecule has 0 aliphatic carbocycles. The molecular formula is C20H28F2IN5O2. The largest absolute Gasteiger partial charge is 0.497 e. The van der Waals surface area contributed by atoms with Crippen LogP contribution in [0.5, 0.6) is 11.5 Å². The molecular weight excluding hydrogens is 507 g/mol. The molecule has 166 valence electrons. The van der Waals surface area contributed by atoms with Crippen LogP contribution in [0.4, 0.5) is 14.6 Å². The molecule has 0 aliphatic heterocycles. The summed E-state index contributed by atoms with van der Waals surface area (Å²) in [6.45, 7) is 0.336. The van der Waals surface area contributed by atoms with Crippen LogP contribution in [0, 0.1) is 0 Å². The second-order valence-corrected chi connectivity index (χ2v) is 6.28. The van der Waals surface area contributed by atoms with E-state index in [4.69, 9.17) is 4.74 Å². The first kappa shape index (κ1) is 25.7. The first-order valence-corrected chi connectivity index (χ1v) is 9.19. The van der Waals surface area contributed by atoms with Crippen molar-refractivity contribution < 1.29 is 18.3 Å². The number of guanidine groups is 1. The lowest BCUT2D eigenvalue weighted by atomic mass is 10.2. The van der Waals surface area contributed by atoms with Gasteiger partial charge in [0.25, 0.3) is 0 Å². The number of halogens is 3. The van der Waals surface area contributed by atoms with Gasteiger partial charge in [-0.1, -0.05) is 6.07 Å². The van der Waals surface area contributed by atoms with Crippen molar-refractivity contribution in [3.8, 4) is 11.5 Å². The smallest absolute Gasteiger partial charge is 0.387 e. The quantitative estimate of drug-likeness (QED) is 0.291. The molecule has 0 spiro atoms. The number of methoxy groups -OCH3 is 1. The Kier molecular flexibility index (Phi) is 11.2. The zero-order valence-corrected chi connectivity index (χ0v) is 19.8. The summed E-state index contributed by atoms with van der Waals surface area (Å²) in [5, 5.41) is 6.39. The third-order valence-corrected chi connectivity index (χ3v) is 3.97. The standard InChI is InChI=1S/C20H27F2N5O2.HI/c1-5-23-20(25-12-14-7-6-10-24-18(14)27(2)3)26-13-15-11-16(28-4)8-9-17(15)29-19(21)22;/h6-11,19H,5,12-13H2,1-4H3,(H2,23,25,26);1H. The number of pyridine rings is 1. The summed E-state index contributed by atoms with van der Waals surface area (Å²) in [6.07, 6.45) is 1.74. The summed E-state index contributed by atoms with van der Waals surface area (Å²) in [5.41, 5.74) is 1.50. The molecule has 0 amide bonds. The van der Waals surface area contributed by atoms with Gasteiger partial charge in [-0.05, 0) is 31.2 Å². The summed E-state index contributed by atoms with van der Waals surface area (Å²) >= 11 is 0. The third-order valence-electron chi connectivity index (χ3n) is 3.97. The molecule has 1 aromatic heterocycles. The number of aromatic nitrogens is 1. The fraction of sp³-hybridized carbons (Fsp3) is 0.400. The molecule has 0 unspecified atom stereocenters. The third kappa shape index (κ3) is 7.81. The van der Waals surface area contributed by atoms with E-state index in [1.54, 1.807) is 18.3 Å². The lowest BCUT2D eigenvalue weighted by Crippen LogP contribution is -2.37. The first-order valence-electron chi connectivity index (χ1n) is 9.19. The average molecular weight is 535 g/mol. The highest BCUT2D eigenvalue weighted by molar-refractivity contribution is 14.0. The zero-order chi connectivity index (χ0) is 21.2. The highest BCUT2D eigenvalue weighted by atomic mass is 127. The molecule has 7 nitrogen and oxygen atoms in total. The van der Waals surface area contributed by atoms with E-state index in [1.807, 2.05) is 38.1 Å². The van der Waals surface area contributed by atoms with Crippen LogP contribution in [0.2, 0.25) is 0 Å². The van der Waals surface area contributed by atoms with Gasteiger partial charge in [0.2, 0.25) is 0 Å². The van der Waals surface area contributed by atoms with Crippen LogP contribution in [0.1, 0.15) is 18.1 Å². The van der Waals surface area contributed by atoms with Gasteiger partial charge in [0.05, 0.1) is 13.7 Å². The summed E-state index contributed by atoms with van der Waals surface area (Å²) in [6, 6.07) is 8.51. The molecule has 0 fully saturated rings. The van der Waals surface area contributed by atoms with Gasteiger partial charge in [0, 0.05) is 44.5 Å². The first-order chi connectivity index (χ1) is 13.9. The molecule has 0 radical (unpaired) electrons. The number of benzene rings is 1. The van der Waals surface area contributed by atoms with E-state index in [-0.39, 0.29) is 36.3 Å². The number of aliphatic imine (C=N–C) groups is 1. The average Bonchev–Trinajstić information content (AvgIpc) is 2.70. The van der Waals surface area contributed by atoms with E-state index in [1.165, 1.54) is 13.2 Å². The molecule has 2 aromatic rings. The Labute approximate surface area is 192 Å². The van der Waals surface area contributed by atoms with Gasteiger partial charge in [0.1, 0.15) is 17.3 Å². The predicted molar refractivity (Wildman–Crippen MR) is 125 cm³/mol. The maximum atomic E-state index is 12.7. The highest BCUT2D eigenvalue weighted by Crippen LogP contribution is 2.26. The van der Waals surface area contributed by atoms with E-state index < -0.39 is 6.61 Å². The minimum absolute atomic E-state index is 0. The minimum Gasteiger partial charge on any atom is -0.497 e. The van der Waals surface area contributed by atoms with Crippen molar-refractivity contribution in [2.45, 2.75) is 26.6 Å². The number of alkyl halides is 2. The van der Waals surface area contributed by atoms with Gasteiger partial charge >= 0.3 is 6.61 Å². The predicted octanol–water partition coefficient (Wildman–Crippen LogP) is 3.63. The molecule has 0 bridgehead atoms. The molecule has 30 heavy (non-hydrogen) atoms. The van der Waals surface area contributed by atoms with Crippen LogP contribution < -0.4 is 25.0 Å². The van der Waals surface area contributed by atoms with Crippen molar-refractivity contribution in [1.82, 2.24) is 15.6 Å². The van der Waals surface area contributed by atoms with Gasteiger partial charge in [-0.15, -0.1) is 24.0 Å². The lowest BCUT2D eigenvalue weighted by Gasteiger charge is -2.17. The summed E-state index contributed by atoms with van der Waals surface area (Å²) < 4.78 is 35.2. The van der Waals surface area contributed by atoms with E-state index >= 15 is 0 Å². The van der Waals surface area contributed by atoms with Gasteiger partial charge in [-0.2, -0.15) is 8.78 Å². The molecule has 1 heterocycles. The molecule has 0 atom stereocenters. The van der Waals surface area contributed by atoms with E-state index in [2.05, 4.69) is 25.3 Å². The molecule has 2 N–H and O–H groups in total. The lowest BCUT2D eigenvalue weighted by molar-refractivity contribution is -0.0504. The minimum atomic E-state index is -2.91. The number of anilines is 1. The van der Waals surface area contributed by atoms with E-state index in [0.717, 1.165) is 11.4 Å². The van der Waals surface area contributed by atoms with Crippen molar-refractivity contribution in [1.29, 1.82) is 0 Å². The summed E-state index contributed by atoms with van der Waals surface area (Å²) in [7, 11) is 5.37. The monoisotopic (exact) mass is 535 g/mol. The Morgan fingerprint density at radius 3 is 2.60 bits per heavy atom. The van der Waals surface area contributed by atoms with Crippen LogP contribution in [0.3, 0.4) is 0 Å². The van der Waals surface area contributed by atoms with Crippen LogP contribution in [-0.2, 0) is 13.1 Å². The molecule has 0 aliphatic rings. The molecule has 2 rings (SSSR count). The Balaban J connectivity index is 0.00000450. The van der Waals surface area contributed by atoms with Crippen LogP contribution in [-0.4, -0.2) is 45.3 Å². The number of rotatable bonds is 9. The fourth-order valence-electron chi connectivity index (χ4n) is 2.67. The maximum absolute atomic E-state index is 12.7. The van der Waals surface area contributed by atoms with Crippen LogP contribution in [0.15, 0.2) is 41.5 Å². The van der Waals surface area contributed by atoms with Gasteiger partial charge in [-0.3, -0.25) is 0 Å². The van der Waals surface area contributed by atoms with Crippen LogP contribution >= 0.6 is 24.0 Å². The van der Waals surface area contributed by atoms with Crippen molar-refractivity contribution in [3.05, 3.63) is 47.7 Å². The summed E-state index contributed by atoms with van der Waals surface area (Å²) in [4.78, 5) is 10.8. The normalized spacial score (nSPS) is 11.0. The Hall–Kier alpha value is -2.37. The number of hydrogen-bond acceptors (Lipinski definition) is 5. The molecule has 1 aromatic carbocycles. The topological polar surface area (TPSA) is 71.0 Å². The fourth-order valence-corrected chi connectivity index (χ4v) is 2.67. The van der Waals surface area contributed by atoms with Crippen molar-refractivity contribution >= 4 is 35.8 Å². The van der Waals surface area contributed by atoms with E-state index in [0.29, 0.717) is 30.4 Å². The van der Waals surface area contributed by atoms with Crippen molar-refractivity contribution in [3.63, 3.8) is 0 Å².